The highest BCUT2D eigenvalue weighted by molar-refractivity contribution is 9.10. The first-order valence-corrected chi connectivity index (χ1v) is 7.96. The van der Waals surface area contributed by atoms with Crippen molar-refractivity contribution in [3.63, 3.8) is 0 Å². The number of aryl methyl sites for hydroxylation is 1. The highest BCUT2D eigenvalue weighted by Gasteiger charge is 2.17. The van der Waals surface area contributed by atoms with E-state index in [0.717, 1.165) is 33.2 Å². The minimum Gasteiger partial charge on any atom is -0.454 e. The molecule has 0 atom stereocenters. The highest BCUT2D eigenvalue weighted by atomic mass is 79.9. The third-order valence-corrected chi connectivity index (χ3v) is 4.12. The molecule has 23 heavy (non-hydrogen) atoms. The van der Waals surface area contributed by atoms with E-state index in [-0.39, 0.29) is 6.79 Å². The summed E-state index contributed by atoms with van der Waals surface area (Å²) < 4.78 is 13.5. The molecule has 1 aromatic heterocycles. The number of aromatic nitrogens is 2. The van der Waals surface area contributed by atoms with E-state index in [9.17, 15) is 0 Å². The van der Waals surface area contributed by atoms with Gasteiger partial charge in [-0.1, -0.05) is 0 Å². The summed E-state index contributed by atoms with van der Waals surface area (Å²) >= 11 is 3.50. The second-order valence-electron chi connectivity index (χ2n) is 5.04. The zero-order chi connectivity index (χ0) is 16.2. The van der Waals surface area contributed by atoms with Crippen LogP contribution in [0.1, 0.15) is 11.3 Å². The molecule has 1 aliphatic heterocycles. The number of aliphatic imine (C=N–C) groups is 1. The van der Waals surface area contributed by atoms with Gasteiger partial charge in [0.2, 0.25) is 6.79 Å². The monoisotopic (exact) mass is 379 g/mol. The van der Waals surface area contributed by atoms with E-state index in [4.69, 9.17) is 9.47 Å². The van der Waals surface area contributed by atoms with Crippen molar-refractivity contribution in [2.75, 3.05) is 13.8 Å². The molecule has 2 heterocycles. The number of guanidine groups is 1. The first-order chi connectivity index (χ1) is 11.2. The molecule has 0 spiro atoms. The Hall–Kier alpha value is -2.22. The maximum Gasteiger partial charge on any atom is 0.231 e. The number of hydrogen-bond donors (Lipinski definition) is 2. The summed E-state index contributed by atoms with van der Waals surface area (Å²) in [6.07, 6.45) is 1.78. The van der Waals surface area contributed by atoms with E-state index >= 15 is 0 Å². The molecule has 3 rings (SSSR count). The van der Waals surface area contributed by atoms with Gasteiger partial charge in [0.15, 0.2) is 17.5 Å². The zero-order valence-electron chi connectivity index (χ0n) is 13.0. The van der Waals surface area contributed by atoms with Gasteiger partial charge in [0.05, 0.1) is 16.7 Å². The lowest BCUT2D eigenvalue weighted by atomic mass is 10.2. The van der Waals surface area contributed by atoms with Crippen molar-refractivity contribution in [3.05, 3.63) is 40.1 Å². The molecule has 0 aliphatic carbocycles. The van der Waals surface area contributed by atoms with Gasteiger partial charge in [-0.25, -0.2) is 0 Å². The molecule has 0 bridgehead atoms. The average molecular weight is 380 g/mol. The Balaban J connectivity index is 1.58. The molecular formula is C15H18BrN5O2. The van der Waals surface area contributed by atoms with Gasteiger partial charge < -0.3 is 20.1 Å². The Morgan fingerprint density at radius 1 is 1.35 bits per heavy atom. The lowest BCUT2D eigenvalue weighted by Gasteiger charge is -2.12. The standard InChI is InChI=1S/C15H18BrN5O2/c1-17-15(19-8-11-3-4-20-21(11)2)18-7-10-5-12(16)14-13(6-10)22-9-23-14/h3-6H,7-9H2,1-2H3,(H2,17,18,19). The number of nitrogens with one attached hydrogen (secondary N) is 2. The largest absolute Gasteiger partial charge is 0.454 e. The van der Waals surface area contributed by atoms with Crippen LogP contribution in [0.5, 0.6) is 11.5 Å². The van der Waals surface area contributed by atoms with Crippen molar-refractivity contribution < 1.29 is 9.47 Å². The van der Waals surface area contributed by atoms with E-state index in [1.165, 1.54) is 0 Å². The van der Waals surface area contributed by atoms with E-state index < -0.39 is 0 Å². The first kappa shape index (κ1) is 15.7. The summed E-state index contributed by atoms with van der Waals surface area (Å²) in [5.74, 6) is 2.24. The molecular weight excluding hydrogens is 362 g/mol. The molecule has 0 unspecified atom stereocenters. The Morgan fingerprint density at radius 3 is 2.91 bits per heavy atom. The molecule has 1 aliphatic rings. The molecule has 122 valence electrons. The number of benzene rings is 1. The lowest BCUT2D eigenvalue weighted by molar-refractivity contribution is 0.173. The van der Waals surface area contributed by atoms with E-state index in [1.54, 1.807) is 13.2 Å². The van der Waals surface area contributed by atoms with Crippen molar-refractivity contribution in [2.45, 2.75) is 13.1 Å². The lowest BCUT2D eigenvalue weighted by Crippen LogP contribution is -2.36. The minimum atomic E-state index is 0.263. The van der Waals surface area contributed by atoms with Crippen molar-refractivity contribution in [1.29, 1.82) is 0 Å². The third-order valence-electron chi connectivity index (χ3n) is 3.53. The van der Waals surface area contributed by atoms with Gasteiger partial charge in [0.25, 0.3) is 0 Å². The second kappa shape index (κ2) is 6.91. The topological polar surface area (TPSA) is 72.7 Å². The van der Waals surface area contributed by atoms with Crippen LogP contribution in [0.3, 0.4) is 0 Å². The van der Waals surface area contributed by atoms with Crippen LogP contribution >= 0.6 is 15.9 Å². The number of ether oxygens (including phenoxy) is 2. The normalized spacial score (nSPS) is 13.3. The smallest absolute Gasteiger partial charge is 0.231 e. The fourth-order valence-corrected chi connectivity index (χ4v) is 2.88. The summed E-state index contributed by atoms with van der Waals surface area (Å²) in [5, 5.41) is 10.7. The molecule has 2 aromatic rings. The van der Waals surface area contributed by atoms with E-state index in [1.807, 2.05) is 29.9 Å². The third kappa shape index (κ3) is 3.58. The number of fused-ring (bicyclic) bond motifs is 1. The van der Waals surface area contributed by atoms with Crippen molar-refractivity contribution >= 4 is 21.9 Å². The van der Waals surface area contributed by atoms with Gasteiger partial charge >= 0.3 is 0 Å². The molecule has 1 aromatic carbocycles. The van der Waals surface area contributed by atoms with Crippen LogP contribution in [0, 0.1) is 0 Å². The first-order valence-electron chi connectivity index (χ1n) is 7.17. The van der Waals surface area contributed by atoms with Crippen molar-refractivity contribution in [2.24, 2.45) is 12.0 Å². The number of nitrogens with zero attached hydrogens (tertiary/aromatic N) is 3. The van der Waals surface area contributed by atoms with E-state index in [0.29, 0.717) is 13.1 Å². The fourth-order valence-electron chi connectivity index (χ4n) is 2.28. The summed E-state index contributed by atoms with van der Waals surface area (Å²) in [5.41, 5.74) is 2.16. The fraction of sp³-hybridized carbons (Fsp3) is 0.333. The van der Waals surface area contributed by atoms with Gasteiger partial charge in [0.1, 0.15) is 0 Å². The van der Waals surface area contributed by atoms with Crippen LogP contribution in [-0.2, 0) is 20.1 Å². The van der Waals surface area contributed by atoms with Gasteiger partial charge in [0, 0.05) is 26.8 Å². The Labute approximate surface area is 142 Å². The number of halogens is 1. The maximum atomic E-state index is 5.43. The van der Waals surface area contributed by atoms with E-state index in [2.05, 4.69) is 36.7 Å². The summed E-state index contributed by atoms with van der Waals surface area (Å²) in [4.78, 5) is 4.22. The molecule has 0 radical (unpaired) electrons. The molecule has 8 heteroatoms. The van der Waals surface area contributed by atoms with Gasteiger partial charge in [-0.15, -0.1) is 0 Å². The number of hydrogen-bond acceptors (Lipinski definition) is 4. The quantitative estimate of drug-likeness (QED) is 0.625. The summed E-state index contributed by atoms with van der Waals surface area (Å²) in [6, 6.07) is 5.94. The molecule has 0 saturated carbocycles. The Bertz CT molecular complexity index is 729. The van der Waals surface area contributed by atoms with Crippen LogP contribution in [0.15, 0.2) is 33.9 Å². The minimum absolute atomic E-state index is 0.263. The highest BCUT2D eigenvalue weighted by Crippen LogP contribution is 2.39. The average Bonchev–Trinajstić information content (AvgIpc) is 3.17. The van der Waals surface area contributed by atoms with Gasteiger partial charge in [-0.05, 0) is 39.7 Å². The van der Waals surface area contributed by atoms with Crippen molar-refractivity contribution in [3.8, 4) is 11.5 Å². The SMILES string of the molecule is CN=C(NCc1cc(Br)c2c(c1)OCO2)NCc1ccnn1C. The van der Waals surface area contributed by atoms with Crippen LogP contribution < -0.4 is 20.1 Å². The second-order valence-corrected chi connectivity index (χ2v) is 5.89. The molecule has 0 saturated heterocycles. The predicted octanol–water partition coefficient (Wildman–Crippen LogP) is 1.78. The molecule has 0 amide bonds. The van der Waals surface area contributed by atoms with Crippen molar-refractivity contribution in [1.82, 2.24) is 20.4 Å². The summed E-state index contributed by atoms with van der Waals surface area (Å²) in [7, 11) is 3.66. The Morgan fingerprint density at radius 2 is 2.17 bits per heavy atom. The zero-order valence-corrected chi connectivity index (χ0v) is 14.6. The summed E-state index contributed by atoms with van der Waals surface area (Å²) in [6.45, 7) is 1.54. The van der Waals surface area contributed by atoms with Crippen LogP contribution in [-0.4, -0.2) is 29.6 Å². The molecule has 0 fully saturated rings. The molecule has 2 N–H and O–H groups in total. The predicted molar refractivity (Wildman–Crippen MR) is 90.5 cm³/mol. The van der Waals surface area contributed by atoms with Crippen LogP contribution in [0.4, 0.5) is 0 Å². The number of rotatable bonds is 4. The Kier molecular flexibility index (Phi) is 4.71. The van der Waals surface area contributed by atoms with Gasteiger partial charge in [-0.2, -0.15) is 5.10 Å². The van der Waals surface area contributed by atoms with Crippen LogP contribution in [0.2, 0.25) is 0 Å². The molecule has 7 nitrogen and oxygen atoms in total. The van der Waals surface area contributed by atoms with Gasteiger partial charge in [-0.3, -0.25) is 9.67 Å². The maximum absolute atomic E-state index is 5.43. The van der Waals surface area contributed by atoms with Crippen LogP contribution in [0.25, 0.3) is 0 Å².